The van der Waals surface area contributed by atoms with Gasteiger partial charge in [-0.1, -0.05) is 50.9 Å². The molecule has 0 amide bonds. The Kier molecular flexibility index (Phi) is 4.05. The summed E-state index contributed by atoms with van der Waals surface area (Å²) in [5.74, 6) is 0. The van der Waals surface area contributed by atoms with Crippen LogP contribution in [0.3, 0.4) is 0 Å². The Morgan fingerprint density at radius 1 is 1.14 bits per heavy atom. The number of halogens is 2. The summed E-state index contributed by atoms with van der Waals surface area (Å²) in [6, 6.07) is 14.9. The number of para-hydroxylation sites is 1. The molecule has 2 aromatic carbocycles. The van der Waals surface area contributed by atoms with E-state index in [1.165, 1.54) is 0 Å². The fourth-order valence-corrected chi connectivity index (χ4v) is 2.81. The lowest BCUT2D eigenvalue weighted by Gasteiger charge is -2.15. The van der Waals surface area contributed by atoms with E-state index >= 15 is 0 Å². The van der Waals surface area contributed by atoms with Crippen LogP contribution >= 0.6 is 27.5 Å². The predicted molar refractivity (Wildman–Crippen MR) is 86.5 cm³/mol. The van der Waals surface area contributed by atoms with Gasteiger partial charge >= 0.3 is 0 Å². The van der Waals surface area contributed by atoms with Gasteiger partial charge in [-0.25, -0.2) is 4.68 Å². The van der Waals surface area contributed by atoms with Gasteiger partial charge in [0.1, 0.15) is 0 Å². The molecular weight excluding hydrogens is 352 g/mol. The number of nitrogens with zero attached hydrogens (tertiary/aromatic N) is 3. The van der Waals surface area contributed by atoms with Gasteiger partial charge in [0, 0.05) is 9.50 Å². The monoisotopic (exact) mass is 362 g/mol. The number of hydrogen-bond donors (Lipinski definition) is 1. The van der Waals surface area contributed by atoms with E-state index in [1.54, 1.807) is 10.9 Å². The van der Waals surface area contributed by atoms with Gasteiger partial charge in [0.25, 0.3) is 0 Å². The average Bonchev–Trinajstić information content (AvgIpc) is 2.99. The van der Waals surface area contributed by atoms with Crippen LogP contribution in [0.5, 0.6) is 0 Å². The summed E-state index contributed by atoms with van der Waals surface area (Å²) in [5.41, 5.74) is 8.98. The molecule has 0 aliphatic heterocycles. The highest BCUT2D eigenvalue weighted by molar-refractivity contribution is 9.10. The SMILES string of the molecule is NC(c1cc(Cl)ccc1Br)c1cnnn1-c1ccccc1. The van der Waals surface area contributed by atoms with E-state index in [1.807, 2.05) is 48.5 Å². The third-order valence-electron chi connectivity index (χ3n) is 3.19. The van der Waals surface area contributed by atoms with E-state index in [-0.39, 0.29) is 6.04 Å². The minimum absolute atomic E-state index is 0.381. The summed E-state index contributed by atoms with van der Waals surface area (Å²) in [4.78, 5) is 0. The second kappa shape index (κ2) is 5.97. The molecule has 0 aliphatic carbocycles. The smallest absolute Gasteiger partial charge is 0.0858 e. The molecule has 0 bridgehead atoms. The molecule has 0 radical (unpaired) electrons. The van der Waals surface area contributed by atoms with Gasteiger partial charge in [-0.3, -0.25) is 0 Å². The molecule has 0 fully saturated rings. The fourth-order valence-electron chi connectivity index (χ4n) is 2.14. The molecule has 0 spiro atoms. The minimum Gasteiger partial charge on any atom is -0.319 e. The molecule has 106 valence electrons. The summed E-state index contributed by atoms with van der Waals surface area (Å²) in [6.45, 7) is 0. The van der Waals surface area contributed by atoms with E-state index in [9.17, 15) is 0 Å². The zero-order chi connectivity index (χ0) is 14.8. The Morgan fingerprint density at radius 3 is 2.67 bits per heavy atom. The molecule has 0 saturated heterocycles. The van der Waals surface area contributed by atoms with Crippen molar-refractivity contribution in [2.24, 2.45) is 5.73 Å². The first kappa shape index (κ1) is 14.3. The van der Waals surface area contributed by atoms with Crippen molar-refractivity contribution in [2.45, 2.75) is 6.04 Å². The molecule has 1 unspecified atom stereocenters. The molecule has 3 aromatic rings. The van der Waals surface area contributed by atoms with Gasteiger partial charge in [0.15, 0.2) is 0 Å². The Labute approximate surface area is 135 Å². The number of rotatable bonds is 3. The molecule has 1 aromatic heterocycles. The van der Waals surface area contributed by atoms with Crippen LogP contribution in [0.4, 0.5) is 0 Å². The van der Waals surface area contributed by atoms with Gasteiger partial charge in [-0.2, -0.15) is 0 Å². The second-order valence-corrected chi connectivity index (χ2v) is 5.84. The normalized spacial score (nSPS) is 12.3. The first-order valence-electron chi connectivity index (χ1n) is 6.33. The highest BCUT2D eigenvalue weighted by Crippen LogP contribution is 2.29. The molecule has 21 heavy (non-hydrogen) atoms. The summed E-state index contributed by atoms with van der Waals surface area (Å²) in [6.07, 6.45) is 1.67. The van der Waals surface area contributed by atoms with Crippen LogP contribution < -0.4 is 5.73 Å². The number of nitrogens with two attached hydrogens (primary N) is 1. The van der Waals surface area contributed by atoms with Crippen molar-refractivity contribution < 1.29 is 0 Å². The lowest BCUT2D eigenvalue weighted by atomic mass is 10.1. The summed E-state index contributed by atoms with van der Waals surface area (Å²) >= 11 is 9.57. The summed E-state index contributed by atoms with van der Waals surface area (Å²) in [5, 5.41) is 8.75. The fraction of sp³-hybridized carbons (Fsp3) is 0.0667. The number of aromatic nitrogens is 3. The van der Waals surface area contributed by atoms with Gasteiger partial charge in [-0.05, 0) is 35.9 Å². The largest absolute Gasteiger partial charge is 0.319 e. The van der Waals surface area contributed by atoms with Crippen LogP contribution in [0.2, 0.25) is 5.02 Å². The van der Waals surface area contributed by atoms with E-state index in [4.69, 9.17) is 17.3 Å². The zero-order valence-electron chi connectivity index (χ0n) is 10.9. The molecule has 0 saturated carbocycles. The minimum atomic E-state index is -0.381. The maximum absolute atomic E-state index is 6.38. The second-order valence-electron chi connectivity index (χ2n) is 4.55. The lowest BCUT2D eigenvalue weighted by molar-refractivity contribution is 0.718. The molecule has 2 N–H and O–H groups in total. The van der Waals surface area contributed by atoms with E-state index in [0.717, 1.165) is 21.4 Å². The molecule has 0 aliphatic rings. The standard InChI is InChI=1S/C15H12BrClN4/c16-13-7-6-10(17)8-12(13)15(18)14-9-19-20-21(14)11-4-2-1-3-5-11/h1-9,15H,18H2. The Morgan fingerprint density at radius 2 is 1.90 bits per heavy atom. The Hall–Kier alpha value is -1.69. The maximum atomic E-state index is 6.38. The molecular formula is C15H12BrClN4. The van der Waals surface area contributed by atoms with Crippen molar-refractivity contribution in [3.05, 3.63) is 75.5 Å². The average molecular weight is 364 g/mol. The highest BCUT2D eigenvalue weighted by Gasteiger charge is 2.18. The van der Waals surface area contributed by atoms with Gasteiger partial charge < -0.3 is 5.73 Å². The zero-order valence-corrected chi connectivity index (χ0v) is 13.3. The van der Waals surface area contributed by atoms with Crippen molar-refractivity contribution >= 4 is 27.5 Å². The van der Waals surface area contributed by atoms with Crippen molar-refractivity contribution in [2.75, 3.05) is 0 Å². The first-order valence-corrected chi connectivity index (χ1v) is 7.50. The van der Waals surface area contributed by atoms with Crippen LogP contribution in [0.15, 0.2) is 59.2 Å². The number of benzene rings is 2. The molecule has 1 atom stereocenters. The van der Waals surface area contributed by atoms with Crippen LogP contribution in [-0.2, 0) is 0 Å². The maximum Gasteiger partial charge on any atom is 0.0858 e. The quantitative estimate of drug-likeness (QED) is 0.771. The number of hydrogen-bond acceptors (Lipinski definition) is 3. The third-order valence-corrected chi connectivity index (χ3v) is 4.15. The summed E-state index contributed by atoms with van der Waals surface area (Å²) < 4.78 is 2.64. The Bertz CT molecular complexity index is 757. The van der Waals surface area contributed by atoms with E-state index in [2.05, 4.69) is 26.2 Å². The third kappa shape index (κ3) is 2.85. The summed E-state index contributed by atoms with van der Waals surface area (Å²) in [7, 11) is 0. The highest BCUT2D eigenvalue weighted by atomic mass is 79.9. The van der Waals surface area contributed by atoms with Gasteiger partial charge in [0.2, 0.25) is 0 Å². The predicted octanol–water partition coefficient (Wildman–Crippen LogP) is 3.73. The van der Waals surface area contributed by atoms with Crippen LogP contribution in [0.25, 0.3) is 5.69 Å². The van der Waals surface area contributed by atoms with Crippen molar-refractivity contribution in [3.63, 3.8) is 0 Å². The van der Waals surface area contributed by atoms with E-state index < -0.39 is 0 Å². The van der Waals surface area contributed by atoms with Crippen LogP contribution in [-0.4, -0.2) is 15.0 Å². The molecule has 3 rings (SSSR count). The van der Waals surface area contributed by atoms with Crippen molar-refractivity contribution in [3.8, 4) is 5.69 Å². The Balaban J connectivity index is 2.06. The first-order chi connectivity index (χ1) is 10.2. The molecule has 6 heteroatoms. The van der Waals surface area contributed by atoms with E-state index in [0.29, 0.717) is 5.02 Å². The van der Waals surface area contributed by atoms with Crippen molar-refractivity contribution in [1.29, 1.82) is 0 Å². The van der Waals surface area contributed by atoms with Gasteiger partial charge in [0.05, 0.1) is 23.6 Å². The molecule has 1 heterocycles. The topological polar surface area (TPSA) is 56.7 Å². The van der Waals surface area contributed by atoms with Gasteiger partial charge in [-0.15, -0.1) is 5.10 Å². The lowest BCUT2D eigenvalue weighted by Crippen LogP contribution is -2.17. The van der Waals surface area contributed by atoms with Crippen molar-refractivity contribution in [1.82, 2.24) is 15.0 Å². The molecule has 4 nitrogen and oxygen atoms in total. The van der Waals surface area contributed by atoms with Crippen LogP contribution in [0, 0.1) is 0 Å². The van der Waals surface area contributed by atoms with Crippen LogP contribution in [0.1, 0.15) is 17.3 Å².